The lowest BCUT2D eigenvalue weighted by atomic mass is 10.1. The van der Waals surface area contributed by atoms with E-state index in [0.717, 1.165) is 4.90 Å². The molecule has 1 aromatic rings. The molecule has 2 unspecified atom stereocenters. The zero-order valence-corrected chi connectivity index (χ0v) is 20.8. The van der Waals surface area contributed by atoms with Crippen LogP contribution in [0.4, 0.5) is 22.0 Å². The summed E-state index contributed by atoms with van der Waals surface area (Å²) in [6.45, 7) is -0.231. The van der Waals surface area contributed by atoms with Gasteiger partial charge in [-0.05, 0) is 32.1 Å². The fourth-order valence-electron chi connectivity index (χ4n) is 3.72. The number of hydrogen-bond donors (Lipinski definition) is 4. The van der Waals surface area contributed by atoms with E-state index in [2.05, 4.69) is 10.3 Å². The first-order valence-electron chi connectivity index (χ1n) is 11.4. The van der Waals surface area contributed by atoms with Crippen molar-refractivity contribution in [1.29, 1.82) is 0 Å². The minimum absolute atomic E-state index is 0.0466. The topological polar surface area (TPSA) is 177 Å². The number of hydrogen-bond acceptors (Lipinski definition) is 6. The SMILES string of the molecule is NC(N)=NCCCC(C=O)NC(=O)CN1CCCCC(NS(=O)(=O)Cc2c(F)c(F)c(F)c(F)c2F)C1=O. The highest BCUT2D eigenvalue weighted by Gasteiger charge is 2.34. The molecule has 6 N–H and O–H groups in total. The van der Waals surface area contributed by atoms with Gasteiger partial charge in [-0.2, -0.15) is 0 Å². The second-order valence-electron chi connectivity index (χ2n) is 8.49. The van der Waals surface area contributed by atoms with Gasteiger partial charge in [0.25, 0.3) is 0 Å². The summed E-state index contributed by atoms with van der Waals surface area (Å²) in [5, 5.41) is 2.43. The molecule has 212 valence electrons. The maximum absolute atomic E-state index is 14.0. The van der Waals surface area contributed by atoms with Crippen molar-refractivity contribution in [3.63, 3.8) is 0 Å². The van der Waals surface area contributed by atoms with Gasteiger partial charge < -0.3 is 26.5 Å². The number of likely N-dealkylation sites (tertiary alicyclic amines) is 1. The number of carbonyl (C=O) groups excluding carboxylic acids is 3. The fourth-order valence-corrected chi connectivity index (χ4v) is 5.09. The summed E-state index contributed by atoms with van der Waals surface area (Å²) in [7, 11) is -4.78. The molecule has 2 rings (SSSR count). The van der Waals surface area contributed by atoms with Crippen LogP contribution >= 0.6 is 0 Å². The monoisotopic (exact) mass is 570 g/mol. The van der Waals surface area contributed by atoms with Crippen LogP contribution in [0.25, 0.3) is 0 Å². The average molecular weight is 571 g/mol. The molecule has 1 fully saturated rings. The molecule has 17 heteroatoms. The number of aldehydes is 1. The van der Waals surface area contributed by atoms with E-state index in [0.29, 0.717) is 25.5 Å². The number of guanidine groups is 1. The number of nitrogens with zero attached hydrogens (tertiary/aromatic N) is 2. The lowest BCUT2D eigenvalue weighted by Crippen LogP contribution is -2.51. The number of nitrogens with two attached hydrogens (primary N) is 2. The van der Waals surface area contributed by atoms with Crippen LogP contribution in [0.1, 0.15) is 37.7 Å². The number of amides is 2. The Morgan fingerprint density at radius 1 is 1.08 bits per heavy atom. The standard InChI is InChI=1S/C21H27F5N6O5S/c22-15-12(16(23)18(25)19(26)17(15)24)10-38(36,37)31-13-5-1-2-7-32(20(13)35)8-14(34)30-11(9-33)4-3-6-29-21(27)28/h9,11,13,31H,1-8,10H2,(H,30,34)(H4,27,28,29). The molecule has 11 nitrogen and oxygen atoms in total. The van der Waals surface area contributed by atoms with Gasteiger partial charge in [-0.15, -0.1) is 0 Å². The molecule has 0 spiro atoms. The normalized spacial score (nSPS) is 17.0. The number of rotatable bonds is 12. The Balaban J connectivity index is 2.07. The van der Waals surface area contributed by atoms with Crippen molar-refractivity contribution < 1.29 is 44.8 Å². The molecule has 1 heterocycles. The van der Waals surface area contributed by atoms with Crippen molar-refractivity contribution in [2.75, 3.05) is 19.6 Å². The molecule has 1 aliphatic heterocycles. The predicted octanol–water partition coefficient (Wildman–Crippen LogP) is -0.0801. The van der Waals surface area contributed by atoms with Crippen LogP contribution in [0.15, 0.2) is 4.99 Å². The Labute approximate surface area is 214 Å². The quantitative estimate of drug-likeness (QED) is 0.0517. The summed E-state index contributed by atoms with van der Waals surface area (Å²) in [4.78, 5) is 41.4. The molecule has 0 bridgehead atoms. The van der Waals surface area contributed by atoms with Gasteiger partial charge in [0.1, 0.15) is 12.3 Å². The van der Waals surface area contributed by atoms with Crippen LogP contribution in [0.5, 0.6) is 0 Å². The van der Waals surface area contributed by atoms with Gasteiger partial charge in [-0.3, -0.25) is 14.6 Å². The van der Waals surface area contributed by atoms with Crippen molar-refractivity contribution in [2.24, 2.45) is 16.5 Å². The van der Waals surface area contributed by atoms with Gasteiger partial charge in [-0.25, -0.2) is 35.1 Å². The smallest absolute Gasteiger partial charge is 0.241 e. The molecule has 0 saturated carbocycles. The molecule has 2 atom stereocenters. The lowest BCUT2D eigenvalue weighted by molar-refractivity contribution is -0.137. The summed E-state index contributed by atoms with van der Waals surface area (Å²) in [5.41, 5.74) is 8.83. The number of benzene rings is 1. The number of nitrogens with one attached hydrogen (secondary N) is 2. The summed E-state index contributed by atoms with van der Waals surface area (Å²) < 4.78 is 95.0. The molecule has 0 aromatic heterocycles. The van der Waals surface area contributed by atoms with E-state index in [1.807, 2.05) is 4.72 Å². The van der Waals surface area contributed by atoms with Gasteiger partial charge in [0.05, 0.1) is 18.3 Å². The van der Waals surface area contributed by atoms with Crippen LogP contribution in [0.2, 0.25) is 0 Å². The lowest BCUT2D eigenvalue weighted by Gasteiger charge is -2.25. The van der Waals surface area contributed by atoms with Crippen molar-refractivity contribution in [3.8, 4) is 0 Å². The molecule has 38 heavy (non-hydrogen) atoms. The van der Waals surface area contributed by atoms with Gasteiger partial charge >= 0.3 is 0 Å². The minimum atomic E-state index is -4.78. The summed E-state index contributed by atoms with van der Waals surface area (Å²) in [6.07, 6.45) is 1.73. The summed E-state index contributed by atoms with van der Waals surface area (Å²) in [5.74, 6) is -15.0. The first kappa shape index (κ1) is 30.9. The number of aliphatic imine (C=N–C) groups is 1. The van der Waals surface area contributed by atoms with E-state index >= 15 is 0 Å². The maximum Gasteiger partial charge on any atom is 0.241 e. The molecular formula is C21H27F5N6O5S. The molecule has 0 radical (unpaired) electrons. The molecular weight excluding hydrogens is 543 g/mol. The number of sulfonamides is 1. The molecule has 1 saturated heterocycles. The average Bonchev–Trinajstić information content (AvgIpc) is 3.01. The zero-order chi connectivity index (χ0) is 28.6. The van der Waals surface area contributed by atoms with Gasteiger partial charge in [0.2, 0.25) is 27.7 Å². The summed E-state index contributed by atoms with van der Waals surface area (Å²) >= 11 is 0. The first-order valence-corrected chi connectivity index (χ1v) is 13.0. The summed E-state index contributed by atoms with van der Waals surface area (Å²) in [6, 6.07) is -2.35. The second-order valence-corrected chi connectivity index (χ2v) is 10.2. The van der Waals surface area contributed by atoms with Crippen LogP contribution in [-0.2, 0) is 30.2 Å². The van der Waals surface area contributed by atoms with Crippen molar-refractivity contribution in [1.82, 2.24) is 14.9 Å². The highest BCUT2D eigenvalue weighted by molar-refractivity contribution is 7.88. The van der Waals surface area contributed by atoms with E-state index in [9.17, 15) is 44.8 Å². The van der Waals surface area contributed by atoms with E-state index < -0.39 is 80.9 Å². The molecule has 0 aliphatic carbocycles. The molecule has 2 amide bonds. The highest BCUT2D eigenvalue weighted by atomic mass is 32.2. The van der Waals surface area contributed by atoms with E-state index in [1.54, 1.807) is 0 Å². The number of halogens is 5. The van der Waals surface area contributed by atoms with Gasteiger partial charge in [0.15, 0.2) is 29.2 Å². The van der Waals surface area contributed by atoms with Crippen LogP contribution in [0.3, 0.4) is 0 Å². The molecule has 1 aliphatic rings. The fraction of sp³-hybridized carbons (Fsp3) is 0.524. The van der Waals surface area contributed by atoms with E-state index in [4.69, 9.17) is 11.5 Å². The Morgan fingerprint density at radius 2 is 1.68 bits per heavy atom. The van der Waals surface area contributed by atoms with Crippen molar-refractivity contribution >= 4 is 34.1 Å². The largest absolute Gasteiger partial charge is 0.370 e. The van der Waals surface area contributed by atoms with Gasteiger partial charge in [0, 0.05) is 18.7 Å². The van der Waals surface area contributed by atoms with Crippen molar-refractivity contribution in [2.45, 2.75) is 49.9 Å². The van der Waals surface area contributed by atoms with Crippen molar-refractivity contribution in [3.05, 3.63) is 34.6 Å². The second kappa shape index (κ2) is 13.5. The predicted molar refractivity (Wildman–Crippen MR) is 124 cm³/mol. The van der Waals surface area contributed by atoms with Gasteiger partial charge in [-0.1, -0.05) is 0 Å². The first-order chi connectivity index (χ1) is 17.8. The van der Waals surface area contributed by atoms with E-state index in [-0.39, 0.29) is 31.9 Å². The van der Waals surface area contributed by atoms with Crippen LogP contribution in [0, 0.1) is 29.1 Å². The minimum Gasteiger partial charge on any atom is -0.370 e. The maximum atomic E-state index is 14.0. The number of carbonyl (C=O) groups is 3. The highest BCUT2D eigenvalue weighted by Crippen LogP contribution is 2.25. The third kappa shape index (κ3) is 8.34. The Hall–Kier alpha value is -3.34. The third-order valence-corrected chi connectivity index (χ3v) is 6.86. The zero-order valence-electron chi connectivity index (χ0n) is 20.0. The van der Waals surface area contributed by atoms with Crippen LogP contribution in [-0.4, -0.2) is 69.1 Å². The van der Waals surface area contributed by atoms with E-state index in [1.165, 1.54) is 0 Å². The third-order valence-electron chi connectivity index (χ3n) is 5.55. The molecule has 1 aromatic carbocycles. The Bertz CT molecular complexity index is 1170. The Morgan fingerprint density at radius 3 is 2.26 bits per heavy atom. The Kier molecular flexibility index (Phi) is 10.9. The van der Waals surface area contributed by atoms with Crippen LogP contribution < -0.4 is 21.5 Å².